The molecule has 90 valence electrons. The third-order valence-corrected chi connectivity index (χ3v) is 2.88. The van der Waals surface area contributed by atoms with E-state index in [1.165, 1.54) is 0 Å². The topological polar surface area (TPSA) is 44.1 Å². The number of nitrogens with zero attached hydrogens (tertiary/aromatic N) is 2. The minimum absolute atomic E-state index is 0.0948. The van der Waals surface area contributed by atoms with Crippen molar-refractivity contribution in [3.63, 3.8) is 0 Å². The normalized spacial score (nSPS) is 10.8. The van der Waals surface area contributed by atoms with E-state index in [-0.39, 0.29) is 11.8 Å². The van der Waals surface area contributed by atoms with Crippen LogP contribution in [0.15, 0.2) is 6.20 Å². The summed E-state index contributed by atoms with van der Waals surface area (Å²) < 4.78 is 6.89. The van der Waals surface area contributed by atoms with Gasteiger partial charge in [0.15, 0.2) is 11.5 Å². The summed E-state index contributed by atoms with van der Waals surface area (Å²) in [6, 6.07) is 0.164. The van der Waals surface area contributed by atoms with Crippen molar-refractivity contribution >= 4 is 17.5 Å². The van der Waals surface area contributed by atoms with Crippen LogP contribution in [0, 0.1) is 0 Å². The Morgan fingerprint density at radius 1 is 1.62 bits per heavy atom. The van der Waals surface area contributed by atoms with Gasteiger partial charge in [-0.25, -0.2) is 0 Å². The quantitative estimate of drug-likeness (QED) is 0.719. The number of carbonyl (C=O) groups excluding carboxylic acids is 1. The van der Waals surface area contributed by atoms with Crippen LogP contribution in [0.25, 0.3) is 0 Å². The van der Waals surface area contributed by atoms with Gasteiger partial charge in [-0.3, -0.25) is 9.48 Å². The molecule has 0 N–H and O–H groups in total. The van der Waals surface area contributed by atoms with Crippen LogP contribution in [-0.2, 0) is 0 Å². The van der Waals surface area contributed by atoms with Gasteiger partial charge in [-0.1, -0.05) is 0 Å². The molecular formula is C11H18N2O2S. The Morgan fingerprint density at radius 3 is 2.81 bits per heavy atom. The highest BCUT2D eigenvalue weighted by Crippen LogP contribution is 2.22. The number of thioether (sulfide) groups is 1. The summed E-state index contributed by atoms with van der Waals surface area (Å²) in [6.45, 7) is 4.00. The molecule has 0 aliphatic heterocycles. The van der Waals surface area contributed by atoms with Gasteiger partial charge in [-0.2, -0.15) is 16.9 Å². The smallest absolute Gasteiger partial charge is 0.185 e. The standard InChI is InChI=1S/C11H18N2O2S/c1-8(2)13-11(9(14)5-6-16-4)10(15-3)7-12-13/h7-8H,5-6H2,1-4H3. The molecule has 1 aromatic heterocycles. The van der Waals surface area contributed by atoms with Gasteiger partial charge < -0.3 is 4.74 Å². The van der Waals surface area contributed by atoms with Crippen molar-refractivity contribution in [2.45, 2.75) is 26.3 Å². The lowest BCUT2D eigenvalue weighted by Gasteiger charge is -2.10. The molecule has 0 spiro atoms. The molecule has 0 saturated heterocycles. The highest BCUT2D eigenvalue weighted by atomic mass is 32.2. The summed E-state index contributed by atoms with van der Waals surface area (Å²) in [5.41, 5.74) is 0.589. The molecule has 0 atom stereocenters. The van der Waals surface area contributed by atoms with Gasteiger partial charge in [-0.05, 0) is 20.1 Å². The maximum absolute atomic E-state index is 12.0. The zero-order chi connectivity index (χ0) is 12.1. The van der Waals surface area contributed by atoms with E-state index in [1.54, 1.807) is 29.8 Å². The Hall–Kier alpha value is -0.970. The molecule has 5 heteroatoms. The molecule has 0 unspecified atom stereocenters. The molecule has 0 radical (unpaired) electrons. The number of Topliss-reactive ketones (excluding diaryl/α,β-unsaturated/α-hetero) is 1. The first-order chi connectivity index (χ1) is 7.61. The number of carbonyl (C=O) groups is 1. The van der Waals surface area contributed by atoms with Gasteiger partial charge in [0.25, 0.3) is 0 Å². The summed E-state index contributed by atoms with van der Waals surface area (Å²) in [5, 5.41) is 4.18. The van der Waals surface area contributed by atoms with Crippen molar-refractivity contribution in [3.8, 4) is 5.75 Å². The minimum Gasteiger partial charge on any atom is -0.493 e. The summed E-state index contributed by atoms with van der Waals surface area (Å²) in [6.07, 6.45) is 4.12. The van der Waals surface area contributed by atoms with Crippen LogP contribution < -0.4 is 4.74 Å². The van der Waals surface area contributed by atoms with E-state index in [0.717, 1.165) is 5.75 Å². The van der Waals surface area contributed by atoms with E-state index in [0.29, 0.717) is 17.9 Å². The summed E-state index contributed by atoms with van der Waals surface area (Å²) in [4.78, 5) is 12.0. The lowest BCUT2D eigenvalue weighted by Crippen LogP contribution is -2.14. The first-order valence-corrected chi connectivity index (χ1v) is 6.64. The molecule has 0 aliphatic rings. The van der Waals surface area contributed by atoms with Crippen LogP contribution >= 0.6 is 11.8 Å². The van der Waals surface area contributed by atoms with Gasteiger partial charge in [0, 0.05) is 18.2 Å². The average molecular weight is 242 g/mol. The zero-order valence-corrected chi connectivity index (χ0v) is 11.0. The third kappa shape index (κ3) is 2.78. The number of ether oxygens (including phenoxy) is 1. The molecule has 0 amide bonds. The Bertz CT molecular complexity index is 361. The van der Waals surface area contributed by atoms with Gasteiger partial charge >= 0.3 is 0 Å². The van der Waals surface area contributed by atoms with Crippen LogP contribution in [0.3, 0.4) is 0 Å². The van der Waals surface area contributed by atoms with Gasteiger partial charge in [0.1, 0.15) is 5.69 Å². The fourth-order valence-corrected chi connectivity index (χ4v) is 1.86. The monoisotopic (exact) mass is 242 g/mol. The minimum atomic E-state index is 0.0948. The van der Waals surface area contributed by atoms with Crippen LogP contribution in [-0.4, -0.2) is 34.7 Å². The van der Waals surface area contributed by atoms with Crippen LogP contribution in [0.4, 0.5) is 0 Å². The second-order valence-corrected chi connectivity index (χ2v) is 4.75. The van der Waals surface area contributed by atoms with E-state index in [2.05, 4.69) is 5.10 Å². The Labute approximate surface area is 100 Å². The maximum Gasteiger partial charge on any atom is 0.185 e. The van der Waals surface area contributed by atoms with Crippen molar-refractivity contribution in [2.75, 3.05) is 19.1 Å². The van der Waals surface area contributed by atoms with Gasteiger partial charge in [-0.15, -0.1) is 0 Å². The number of hydrogen-bond donors (Lipinski definition) is 0. The number of aromatic nitrogens is 2. The second-order valence-electron chi connectivity index (χ2n) is 3.77. The van der Waals surface area contributed by atoms with E-state index >= 15 is 0 Å². The number of hydrogen-bond acceptors (Lipinski definition) is 4. The average Bonchev–Trinajstić information content (AvgIpc) is 2.69. The summed E-state index contributed by atoms with van der Waals surface area (Å²) in [5.74, 6) is 1.49. The highest BCUT2D eigenvalue weighted by Gasteiger charge is 2.20. The van der Waals surface area contributed by atoms with Crippen LogP contribution in [0.2, 0.25) is 0 Å². The summed E-state index contributed by atoms with van der Waals surface area (Å²) >= 11 is 1.66. The Kier molecular flexibility index (Phi) is 4.86. The summed E-state index contributed by atoms with van der Waals surface area (Å²) in [7, 11) is 1.56. The van der Waals surface area contributed by atoms with Crippen molar-refractivity contribution in [2.24, 2.45) is 0 Å². The molecule has 0 fully saturated rings. The Morgan fingerprint density at radius 2 is 2.31 bits per heavy atom. The van der Waals surface area contributed by atoms with E-state index in [1.807, 2.05) is 20.1 Å². The molecule has 4 nitrogen and oxygen atoms in total. The van der Waals surface area contributed by atoms with E-state index < -0.39 is 0 Å². The number of ketones is 1. The predicted octanol–water partition coefficient (Wildman–Crippen LogP) is 2.41. The molecule has 1 heterocycles. The number of methoxy groups -OCH3 is 1. The fraction of sp³-hybridized carbons (Fsp3) is 0.636. The van der Waals surface area contributed by atoms with Crippen molar-refractivity contribution < 1.29 is 9.53 Å². The maximum atomic E-state index is 12.0. The van der Waals surface area contributed by atoms with Crippen LogP contribution in [0.1, 0.15) is 36.8 Å². The zero-order valence-electron chi connectivity index (χ0n) is 10.2. The van der Waals surface area contributed by atoms with Crippen molar-refractivity contribution in [3.05, 3.63) is 11.9 Å². The van der Waals surface area contributed by atoms with E-state index in [9.17, 15) is 4.79 Å². The molecule has 0 saturated carbocycles. The van der Waals surface area contributed by atoms with E-state index in [4.69, 9.17) is 4.74 Å². The second kappa shape index (κ2) is 5.94. The largest absolute Gasteiger partial charge is 0.493 e. The Balaban J connectivity index is 2.98. The van der Waals surface area contributed by atoms with Crippen molar-refractivity contribution in [1.82, 2.24) is 9.78 Å². The lowest BCUT2D eigenvalue weighted by atomic mass is 10.2. The first-order valence-electron chi connectivity index (χ1n) is 5.25. The van der Waals surface area contributed by atoms with Crippen molar-refractivity contribution in [1.29, 1.82) is 0 Å². The predicted molar refractivity (Wildman–Crippen MR) is 66.5 cm³/mol. The molecule has 16 heavy (non-hydrogen) atoms. The number of rotatable bonds is 6. The highest BCUT2D eigenvalue weighted by molar-refractivity contribution is 7.98. The molecule has 1 aromatic rings. The third-order valence-electron chi connectivity index (χ3n) is 2.27. The molecule has 0 bridgehead atoms. The fourth-order valence-electron chi connectivity index (χ4n) is 1.47. The molecule has 0 aliphatic carbocycles. The van der Waals surface area contributed by atoms with Gasteiger partial charge in [0.2, 0.25) is 0 Å². The lowest BCUT2D eigenvalue weighted by molar-refractivity contribution is 0.0974. The molecular weight excluding hydrogens is 224 g/mol. The molecule has 1 rings (SSSR count). The SMILES string of the molecule is COc1cnn(C(C)C)c1C(=O)CCSC. The first kappa shape index (κ1) is 13.1. The van der Waals surface area contributed by atoms with Crippen LogP contribution in [0.5, 0.6) is 5.75 Å². The van der Waals surface area contributed by atoms with Gasteiger partial charge in [0.05, 0.1) is 13.3 Å². The molecule has 0 aromatic carbocycles.